The Morgan fingerprint density at radius 1 is 1.15 bits per heavy atom. The first-order valence-electron chi connectivity index (χ1n) is 9.36. The van der Waals surface area contributed by atoms with Crippen molar-refractivity contribution in [3.8, 4) is 0 Å². The van der Waals surface area contributed by atoms with Crippen molar-refractivity contribution in [2.75, 3.05) is 12.0 Å². The first-order chi connectivity index (χ1) is 13.0. The zero-order chi connectivity index (χ0) is 19.4. The Morgan fingerprint density at radius 2 is 1.85 bits per heavy atom. The second-order valence-electron chi connectivity index (χ2n) is 6.88. The summed E-state index contributed by atoms with van der Waals surface area (Å²) in [6.45, 7) is 4.69. The Balaban J connectivity index is 1.75. The van der Waals surface area contributed by atoms with Crippen LogP contribution in [0.25, 0.3) is 0 Å². The van der Waals surface area contributed by atoms with E-state index >= 15 is 0 Å². The van der Waals surface area contributed by atoms with Gasteiger partial charge in [-0.05, 0) is 42.7 Å². The van der Waals surface area contributed by atoms with Gasteiger partial charge in [0.25, 0.3) is 0 Å². The predicted octanol–water partition coefficient (Wildman–Crippen LogP) is 3.84. The maximum atomic E-state index is 12.4. The summed E-state index contributed by atoms with van der Waals surface area (Å²) in [5.41, 5.74) is 3.80. The number of para-hydroxylation sites is 1. The zero-order valence-electron chi connectivity index (χ0n) is 16.1. The van der Waals surface area contributed by atoms with Crippen molar-refractivity contribution in [1.29, 1.82) is 0 Å². The van der Waals surface area contributed by atoms with Crippen molar-refractivity contribution in [2.45, 2.75) is 45.3 Å². The number of hydrogen-bond donors (Lipinski definition) is 1. The molecule has 5 nitrogen and oxygen atoms in total. The number of carbonyl (C=O) groups excluding carboxylic acids is 2. The average molecular weight is 366 g/mol. The van der Waals surface area contributed by atoms with Crippen LogP contribution in [0.2, 0.25) is 0 Å². The summed E-state index contributed by atoms with van der Waals surface area (Å²) in [4.78, 5) is 25.9. The fourth-order valence-corrected chi connectivity index (χ4v) is 3.67. The van der Waals surface area contributed by atoms with Gasteiger partial charge in [-0.15, -0.1) is 0 Å². The molecule has 0 aliphatic carbocycles. The lowest BCUT2D eigenvalue weighted by atomic mass is 9.91. The highest BCUT2D eigenvalue weighted by Gasteiger charge is 2.32. The molecule has 0 saturated carbocycles. The lowest BCUT2D eigenvalue weighted by Crippen LogP contribution is -2.45. The number of benzene rings is 2. The standard InChI is InChI=1S/C22H26N2O3/c1-4-21(25)24-15(2)13-19(18-7-5-6-8-20(18)24)23-14-16-9-11-17(12-10-16)22(26)27-3/h5-12,15,19,23H,4,13-14H2,1-3H3/t15-,19+/m0/s1. The minimum absolute atomic E-state index is 0.145. The molecule has 142 valence electrons. The lowest BCUT2D eigenvalue weighted by Gasteiger charge is -2.39. The van der Waals surface area contributed by atoms with Gasteiger partial charge in [-0.2, -0.15) is 0 Å². The van der Waals surface area contributed by atoms with Gasteiger partial charge in [-0.25, -0.2) is 4.79 Å². The van der Waals surface area contributed by atoms with E-state index in [1.165, 1.54) is 7.11 Å². The summed E-state index contributed by atoms with van der Waals surface area (Å²) in [6, 6.07) is 15.9. The van der Waals surface area contributed by atoms with Gasteiger partial charge in [0, 0.05) is 30.7 Å². The van der Waals surface area contributed by atoms with E-state index in [0.717, 1.165) is 23.2 Å². The summed E-state index contributed by atoms with van der Waals surface area (Å²) in [7, 11) is 1.38. The molecule has 1 aliphatic heterocycles. The van der Waals surface area contributed by atoms with Crippen LogP contribution in [0.5, 0.6) is 0 Å². The van der Waals surface area contributed by atoms with E-state index in [9.17, 15) is 9.59 Å². The van der Waals surface area contributed by atoms with Crippen LogP contribution in [0.3, 0.4) is 0 Å². The number of nitrogens with one attached hydrogen (secondary N) is 1. The van der Waals surface area contributed by atoms with Crippen molar-refractivity contribution in [2.24, 2.45) is 0 Å². The van der Waals surface area contributed by atoms with Crippen LogP contribution in [-0.2, 0) is 16.1 Å². The molecule has 1 heterocycles. The lowest BCUT2D eigenvalue weighted by molar-refractivity contribution is -0.118. The summed E-state index contributed by atoms with van der Waals surface area (Å²) < 4.78 is 4.73. The van der Waals surface area contributed by atoms with E-state index < -0.39 is 0 Å². The van der Waals surface area contributed by atoms with Crippen LogP contribution in [0.4, 0.5) is 5.69 Å². The van der Waals surface area contributed by atoms with Crippen LogP contribution in [0.15, 0.2) is 48.5 Å². The third-order valence-corrected chi connectivity index (χ3v) is 5.09. The molecular formula is C22H26N2O3. The topological polar surface area (TPSA) is 58.6 Å². The van der Waals surface area contributed by atoms with Crippen molar-refractivity contribution in [3.63, 3.8) is 0 Å². The normalized spacial score (nSPS) is 18.7. The number of methoxy groups -OCH3 is 1. The van der Waals surface area contributed by atoms with Crippen LogP contribution in [-0.4, -0.2) is 25.0 Å². The molecule has 2 atom stereocenters. The van der Waals surface area contributed by atoms with E-state index in [1.54, 1.807) is 12.1 Å². The third kappa shape index (κ3) is 4.03. The van der Waals surface area contributed by atoms with Crippen LogP contribution in [0.1, 0.15) is 54.2 Å². The van der Waals surface area contributed by atoms with Crippen molar-refractivity contribution in [3.05, 3.63) is 65.2 Å². The van der Waals surface area contributed by atoms with E-state index in [4.69, 9.17) is 4.74 Å². The molecule has 1 aliphatic rings. The largest absolute Gasteiger partial charge is 0.465 e. The van der Waals surface area contributed by atoms with Gasteiger partial charge in [-0.1, -0.05) is 37.3 Å². The molecule has 1 N–H and O–H groups in total. The SMILES string of the molecule is CCC(=O)N1c2ccccc2[C@H](NCc2ccc(C(=O)OC)cc2)C[C@@H]1C. The molecule has 0 radical (unpaired) electrons. The maximum absolute atomic E-state index is 12.4. The van der Waals surface area contributed by atoms with Gasteiger partial charge < -0.3 is 15.0 Å². The number of esters is 1. The van der Waals surface area contributed by atoms with E-state index in [-0.39, 0.29) is 24.0 Å². The molecule has 0 spiro atoms. The van der Waals surface area contributed by atoms with Gasteiger partial charge in [-0.3, -0.25) is 4.79 Å². The molecule has 0 aromatic heterocycles. The number of ether oxygens (including phenoxy) is 1. The van der Waals surface area contributed by atoms with Gasteiger partial charge in [0.1, 0.15) is 0 Å². The van der Waals surface area contributed by atoms with E-state index in [1.807, 2.05) is 42.2 Å². The fourth-order valence-electron chi connectivity index (χ4n) is 3.67. The number of amides is 1. The number of fused-ring (bicyclic) bond motifs is 1. The molecule has 0 unspecified atom stereocenters. The quantitative estimate of drug-likeness (QED) is 0.817. The number of anilines is 1. The highest BCUT2D eigenvalue weighted by Crippen LogP contribution is 2.37. The monoisotopic (exact) mass is 366 g/mol. The molecule has 0 saturated heterocycles. The van der Waals surface area contributed by atoms with Crippen LogP contribution < -0.4 is 10.2 Å². The Bertz CT molecular complexity index is 817. The Hall–Kier alpha value is -2.66. The highest BCUT2D eigenvalue weighted by atomic mass is 16.5. The van der Waals surface area contributed by atoms with E-state index in [2.05, 4.69) is 18.3 Å². The van der Waals surface area contributed by atoms with Gasteiger partial charge in [0.15, 0.2) is 0 Å². The minimum Gasteiger partial charge on any atom is -0.465 e. The number of hydrogen-bond acceptors (Lipinski definition) is 4. The molecule has 2 aromatic carbocycles. The predicted molar refractivity (Wildman–Crippen MR) is 106 cm³/mol. The third-order valence-electron chi connectivity index (χ3n) is 5.09. The van der Waals surface area contributed by atoms with Gasteiger partial charge in [0.2, 0.25) is 5.91 Å². The van der Waals surface area contributed by atoms with E-state index in [0.29, 0.717) is 18.5 Å². The Morgan fingerprint density at radius 3 is 2.52 bits per heavy atom. The summed E-state index contributed by atoms with van der Waals surface area (Å²) in [5, 5.41) is 3.61. The molecule has 27 heavy (non-hydrogen) atoms. The summed E-state index contributed by atoms with van der Waals surface area (Å²) in [6.07, 6.45) is 1.37. The molecule has 3 rings (SSSR count). The van der Waals surface area contributed by atoms with Crippen molar-refractivity contribution < 1.29 is 14.3 Å². The summed E-state index contributed by atoms with van der Waals surface area (Å²) >= 11 is 0. The van der Waals surface area contributed by atoms with Gasteiger partial charge in [0.05, 0.1) is 12.7 Å². The Kier molecular flexibility index (Phi) is 5.91. The highest BCUT2D eigenvalue weighted by molar-refractivity contribution is 5.95. The second kappa shape index (κ2) is 8.35. The second-order valence-corrected chi connectivity index (χ2v) is 6.88. The van der Waals surface area contributed by atoms with Crippen molar-refractivity contribution in [1.82, 2.24) is 5.32 Å². The van der Waals surface area contributed by atoms with Crippen LogP contribution in [0, 0.1) is 0 Å². The Labute approximate surface area is 160 Å². The summed E-state index contributed by atoms with van der Waals surface area (Å²) in [5.74, 6) is -0.169. The van der Waals surface area contributed by atoms with Crippen molar-refractivity contribution >= 4 is 17.6 Å². The fraction of sp³-hybridized carbons (Fsp3) is 0.364. The number of nitrogens with zero attached hydrogens (tertiary/aromatic N) is 1. The van der Waals surface area contributed by atoms with Crippen LogP contribution >= 0.6 is 0 Å². The molecule has 5 heteroatoms. The molecule has 0 bridgehead atoms. The first-order valence-corrected chi connectivity index (χ1v) is 9.36. The maximum Gasteiger partial charge on any atom is 0.337 e. The number of rotatable bonds is 5. The smallest absolute Gasteiger partial charge is 0.337 e. The van der Waals surface area contributed by atoms with Gasteiger partial charge >= 0.3 is 5.97 Å². The average Bonchev–Trinajstić information content (AvgIpc) is 2.71. The molecule has 2 aromatic rings. The molecular weight excluding hydrogens is 340 g/mol. The molecule has 1 amide bonds. The minimum atomic E-state index is -0.328. The molecule has 0 fully saturated rings. The zero-order valence-corrected chi connectivity index (χ0v) is 16.1. The number of carbonyl (C=O) groups is 2. The first kappa shape index (κ1) is 19.1.